The molecule has 4 saturated carbocycles. The van der Waals surface area contributed by atoms with E-state index in [2.05, 4.69) is 46.8 Å². The van der Waals surface area contributed by atoms with Gasteiger partial charge in [-0.3, -0.25) is 0 Å². The van der Waals surface area contributed by atoms with Crippen LogP contribution in [0.1, 0.15) is 105 Å². The number of hydrogen-bond donors (Lipinski definition) is 2. The summed E-state index contributed by atoms with van der Waals surface area (Å²) >= 11 is 0. The van der Waals surface area contributed by atoms with Gasteiger partial charge < -0.3 is 10.2 Å². The third kappa shape index (κ3) is 2.96. The fraction of sp³-hybridized carbons (Fsp3) is 0.862. The van der Waals surface area contributed by atoms with E-state index in [9.17, 15) is 10.2 Å². The summed E-state index contributed by atoms with van der Waals surface area (Å²) in [6.45, 7) is 11.7. The minimum Gasteiger partial charge on any atom is -0.392 e. The van der Waals surface area contributed by atoms with Gasteiger partial charge in [0.1, 0.15) is 0 Å². The normalized spacial score (nSPS) is 48.3. The molecular formula is C29H46O2. The summed E-state index contributed by atoms with van der Waals surface area (Å²) in [6, 6.07) is 0. The number of aliphatic hydroxyl groups excluding tert-OH is 1. The lowest BCUT2D eigenvalue weighted by Gasteiger charge is -2.61. The first-order valence-corrected chi connectivity index (χ1v) is 13.3. The second-order valence-corrected chi connectivity index (χ2v) is 13.0. The molecule has 5 aliphatic rings. The molecule has 0 heterocycles. The SMILES string of the molecule is CC(C)=CCC[C@@H](C)[C@]1(O)CC[C@H]2[C@@H]3CC=C4C5(CC5)[C@@H](O)CC[C@]4(C)[C@H]3CC[C@@]21C. The van der Waals surface area contributed by atoms with Gasteiger partial charge in [0, 0.05) is 5.41 Å². The number of hydrogen-bond acceptors (Lipinski definition) is 2. The Hall–Kier alpha value is -0.600. The zero-order valence-corrected chi connectivity index (χ0v) is 20.7. The van der Waals surface area contributed by atoms with Crippen molar-refractivity contribution in [3.05, 3.63) is 23.3 Å². The average Bonchev–Trinajstić information content (AvgIpc) is 3.45. The van der Waals surface area contributed by atoms with Crippen LogP contribution < -0.4 is 0 Å². The molecule has 31 heavy (non-hydrogen) atoms. The van der Waals surface area contributed by atoms with E-state index in [1.807, 2.05) is 0 Å². The molecule has 2 nitrogen and oxygen atoms in total. The van der Waals surface area contributed by atoms with E-state index in [4.69, 9.17) is 0 Å². The molecule has 0 radical (unpaired) electrons. The highest BCUT2D eigenvalue weighted by molar-refractivity contribution is 5.37. The molecule has 0 aliphatic heterocycles. The molecule has 0 aromatic carbocycles. The van der Waals surface area contributed by atoms with E-state index < -0.39 is 5.60 Å². The van der Waals surface area contributed by atoms with Gasteiger partial charge in [0.25, 0.3) is 0 Å². The summed E-state index contributed by atoms with van der Waals surface area (Å²) in [6.07, 6.45) is 17.4. The highest BCUT2D eigenvalue weighted by Crippen LogP contribution is 2.73. The van der Waals surface area contributed by atoms with E-state index in [-0.39, 0.29) is 22.3 Å². The summed E-state index contributed by atoms with van der Waals surface area (Å²) < 4.78 is 0. The summed E-state index contributed by atoms with van der Waals surface area (Å²) in [5, 5.41) is 22.9. The fourth-order valence-electron chi connectivity index (χ4n) is 9.54. The van der Waals surface area contributed by atoms with Gasteiger partial charge in [-0.25, -0.2) is 0 Å². The van der Waals surface area contributed by atoms with Gasteiger partial charge in [0.2, 0.25) is 0 Å². The molecule has 0 saturated heterocycles. The zero-order chi connectivity index (χ0) is 22.2. The number of rotatable bonds is 4. The first-order chi connectivity index (χ1) is 14.6. The Morgan fingerprint density at radius 2 is 1.77 bits per heavy atom. The van der Waals surface area contributed by atoms with Crippen molar-refractivity contribution in [2.45, 2.75) is 117 Å². The van der Waals surface area contributed by atoms with Crippen LogP contribution >= 0.6 is 0 Å². The molecule has 0 unspecified atom stereocenters. The molecule has 0 bridgehead atoms. The molecule has 2 N–H and O–H groups in total. The molecule has 2 heteroatoms. The second kappa shape index (κ2) is 7.20. The fourth-order valence-corrected chi connectivity index (χ4v) is 9.54. The molecule has 0 aromatic rings. The van der Waals surface area contributed by atoms with Crippen LogP contribution in [0.2, 0.25) is 0 Å². The van der Waals surface area contributed by atoms with Crippen LogP contribution in [-0.2, 0) is 0 Å². The Labute approximate surface area is 190 Å². The molecule has 5 rings (SSSR count). The molecule has 5 aliphatic carbocycles. The maximum Gasteiger partial charge on any atom is 0.0729 e. The van der Waals surface area contributed by atoms with Crippen molar-refractivity contribution in [2.75, 3.05) is 0 Å². The maximum absolute atomic E-state index is 12.1. The van der Waals surface area contributed by atoms with Crippen LogP contribution in [0.15, 0.2) is 23.3 Å². The predicted octanol–water partition coefficient (Wildman–Crippen LogP) is 6.81. The first kappa shape index (κ1) is 22.2. The topological polar surface area (TPSA) is 40.5 Å². The van der Waals surface area contributed by atoms with E-state index >= 15 is 0 Å². The third-order valence-corrected chi connectivity index (χ3v) is 11.5. The van der Waals surface area contributed by atoms with E-state index in [1.54, 1.807) is 5.57 Å². The quantitative estimate of drug-likeness (QED) is 0.485. The molecule has 0 aromatic heterocycles. The van der Waals surface area contributed by atoms with Gasteiger partial charge in [0.05, 0.1) is 11.7 Å². The summed E-state index contributed by atoms with van der Waals surface area (Å²) in [5.74, 6) is 2.48. The minimum atomic E-state index is -0.510. The lowest BCUT2D eigenvalue weighted by atomic mass is 9.45. The number of aliphatic hydroxyl groups is 2. The molecule has 1 spiro atoms. The van der Waals surface area contributed by atoms with Gasteiger partial charge in [0.15, 0.2) is 0 Å². The van der Waals surface area contributed by atoms with Crippen molar-refractivity contribution in [2.24, 2.45) is 39.9 Å². The largest absolute Gasteiger partial charge is 0.392 e. The van der Waals surface area contributed by atoms with Crippen LogP contribution in [0.5, 0.6) is 0 Å². The third-order valence-electron chi connectivity index (χ3n) is 11.5. The van der Waals surface area contributed by atoms with Crippen LogP contribution in [0.3, 0.4) is 0 Å². The van der Waals surface area contributed by atoms with Crippen LogP contribution in [-0.4, -0.2) is 21.9 Å². The first-order valence-electron chi connectivity index (χ1n) is 13.3. The van der Waals surface area contributed by atoms with Crippen LogP contribution in [0, 0.1) is 39.9 Å². The van der Waals surface area contributed by atoms with Crippen molar-refractivity contribution in [3.63, 3.8) is 0 Å². The van der Waals surface area contributed by atoms with Gasteiger partial charge in [-0.05, 0) is 119 Å². The summed E-state index contributed by atoms with van der Waals surface area (Å²) in [4.78, 5) is 0. The minimum absolute atomic E-state index is 0.0612. The van der Waals surface area contributed by atoms with Gasteiger partial charge in [-0.15, -0.1) is 0 Å². The zero-order valence-electron chi connectivity index (χ0n) is 20.7. The lowest BCUT2D eigenvalue weighted by molar-refractivity contribution is -0.151. The van der Waals surface area contributed by atoms with Crippen molar-refractivity contribution >= 4 is 0 Å². The maximum atomic E-state index is 12.1. The monoisotopic (exact) mass is 426 g/mol. The van der Waals surface area contributed by atoms with Crippen molar-refractivity contribution in [1.82, 2.24) is 0 Å². The molecular weight excluding hydrogens is 380 g/mol. The Morgan fingerprint density at radius 3 is 2.45 bits per heavy atom. The Balaban J connectivity index is 1.41. The average molecular weight is 427 g/mol. The lowest BCUT2D eigenvalue weighted by Crippen LogP contribution is -2.57. The number of allylic oxidation sites excluding steroid dienone is 3. The van der Waals surface area contributed by atoms with Gasteiger partial charge >= 0.3 is 0 Å². The Kier molecular flexibility index (Phi) is 5.16. The standard InChI is InChI=1S/C29H46O2/c1-19(2)7-6-8-20(3)29(31)16-12-23-21-9-10-24-26(4,22(21)11-15-27(23,29)5)14-13-25(30)28(24)17-18-28/h7,10,20-23,25,30-31H,6,8-9,11-18H2,1-5H3/t20-,21-,22+,23+,25+,26-,27+,29-/m1/s1. The summed E-state index contributed by atoms with van der Waals surface area (Å²) in [5.41, 5.74) is 3.02. The second-order valence-electron chi connectivity index (χ2n) is 13.0. The number of fused-ring (bicyclic) bond motifs is 6. The Bertz CT molecular complexity index is 787. The van der Waals surface area contributed by atoms with Crippen molar-refractivity contribution < 1.29 is 10.2 Å². The van der Waals surface area contributed by atoms with Gasteiger partial charge in [-0.1, -0.05) is 44.1 Å². The molecule has 174 valence electrons. The highest BCUT2D eigenvalue weighted by Gasteiger charge is 2.67. The van der Waals surface area contributed by atoms with E-state index in [1.165, 1.54) is 44.1 Å². The molecule has 0 amide bonds. The van der Waals surface area contributed by atoms with Crippen LogP contribution in [0.25, 0.3) is 0 Å². The Morgan fingerprint density at radius 1 is 1.06 bits per heavy atom. The van der Waals surface area contributed by atoms with E-state index in [0.717, 1.165) is 43.9 Å². The molecule has 4 fully saturated rings. The van der Waals surface area contributed by atoms with Crippen LogP contribution in [0.4, 0.5) is 0 Å². The van der Waals surface area contributed by atoms with Gasteiger partial charge in [-0.2, -0.15) is 0 Å². The smallest absolute Gasteiger partial charge is 0.0729 e. The predicted molar refractivity (Wildman–Crippen MR) is 128 cm³/mol. The highest BCUT2D eigenvalue weighted by atomic mass is 16.3. The van der Waals surface area contributed by atoms with Crippen molar-refractivity contribution in [1.29, 1.82) is 0 Å². The van der Waals surface area contributed by atoms with E-state index in [0.29, 0.717) is 11.8 Å². The molecule has 8 atom stereocenters. The van der Waals surface area contributed by atoms with Crippen molar-refractivity contribution in [3.8, 4) is 0 Å². The summed E-state index contributed by atoms with van der Waals surface area (Å²) in [7, 11) is 0.